The molecule has 1 atom stereocenters. The van der Waals surface area contributed by atoms with E-state index >= 15 is 0 Å². The molecule has 0 saturated heterocycles. The summed E-state index contributed by atoms with van der Waals surface area (Å²) in [4.78, 5) is 24.5. The third kappa shape index (κ3) is 4.36. The molecule has 1 aliphatic rings. The van der Waals surface area contributed by atoms with Gasteiger partial charge in [0.25, 0.3) is 0 Å². The van der Waals surface area contributed by atoms with Crippen LogP contribution < -0.4 is 0 Å². The minimum Gasteiger partial charge on any atom is -0.300 e. The van der Waals surface area contributed by atoms with Crippen molar-refractivity contribution >= 4 is 11.6 Å². The van der Waals surface area contributed by atoms with Crippen LogP contribution in [-0.4, -0.2) is 26.6 Å². The molecule has 4 rings (SSSR count). The van der Waals surface area contributed by atoms with Crippen LogP contribution in [0.2, 0.25) is 0 Å². The highest BCUT2D eigenvalue weighted by Gasteiger charge is 2.27. The number of aryl methyl sites for hydroxylation is 1. The Morgan fingerprint density at radius 3 is 2.48 bits per heavy atom. The Hall–Kier alpha value is -3.08. The zero-order chi connectivity index (χ0) is 22.0. The van der Waals surface area contributed by atoms with Crippen LogP contribution in [0.25, 0.3) is 22.5 Å². The summed E-state index contributed by atoms with van der Waals surface area (Å²) in [6.45, 7) is 3.77. The molecule has 1 unspecified atom stereocenters. The van der Waals surface area contributed by atoms with Gasteiger partial charge in [-0.05, 0) is 29.9 Å². The van der Waals surface area contributed by atoms with Crippen molar-refractivity contribution in [2.75, 3.05) is 0 Å². The van der Waals surface area contributed by atoms with Gasteiger partial charge in [-0.2, -0.15) is 0 Å². The highest BCUT2D eigenvalue weighted by molar-refractivity contribution is 5.87. The molecule has 5 heteroatoms. The average Bonchev–Trinajstić information content (AvgIpc) is 3.14. The van der Waals surface area contributed by atoms with Crippen molar-refractivity contribution in [1.29, 1.82) is 0 Å². The topological polar surface area (TPSA) is 64.8 Å². The van der Waals surface area contributed by atoms with Crippen molar-refractivity contribution in [2.45, 2.75) is 51.9 Å². The summed E-state index contributed by atoms with van der Waals surface area (Å²) >= 11 is 0. The van der Waals surface area contributed by atoms with E-state index in [4.69, 9.17) is 0 Å². The average molecular weight is 416 g/mol. The first-order chi connectivity index (χ1) is 15.0. The maximum absolute atomic E-state index is 12.6. The monoisotopic (exact) mass is 415 g/mol. The summed E-state index contributed by atoms with van der Waals surface area (Å²) in [6.07, 6.45) is 2.80. The molecule has 5 nitrogen and oxygen atoms in total. The molecule has 0 N–H and O–H groups in total. The fourth-order valence-electron chi connectivity index (χ4n) is 4.48. The second-order valence-electron chi connectivity index (χ2n) is 8.75. The van der Waals surface area contributed by atoms with Gasteiger partial charge in [-0.3, -0.25) is 9.59 Å². The number of hydrogen-bond acceptors (Lipinski definition) is 4. The molecule has 2 aromatic carbocycles. The Labute approximate surface area is 183 Å². The Bertz CT molecular complexity index is 1110. The van der Waals surface area contributed by atoms with E-state index in [9.17, 15) is 9.59 Å². The van der Waals surface area contributed by atoms with Gasteiger partial charge >= 0.3 is 0 Å². The summed E-state index contributed by atoms with van der Waals surface area (Å²) in [5, 5.41) is 8.79. The Balaban J connectivity index is 1.64. The van der Waals surface area contributed by atoms with Gasteiger partial charge in [0, 0.05) is 43.4 Å². The fraction of sp³-hybridized carbons (Fsp3) is 0.385. The number of hydrogen-bond donors (Lipinski definition) is 0. The van der Waals surface area contributed by atoms with Gasteiger partial charge in [0.15, 0.2) is 0 Å². The smallest absolute Gasteiger partial charge is 0.135 e. The SMILES string of the molecule is CC(C)C(=O)CCC(=O)CCC1Cc2ccccc2-c2nnn(C)c2-c2ccccc21. The van der Waals surface area contributed by atoms with E-state index in [1.54, 1.807) is 0 Å². The van der Waals surface area contributed by atoms with Crippen molar-refractivity contribution in [1.82, 2.24) is 15.0 Å². The maximum Gasteiger partial charge on any atom is 0.135 e. The number of Topliss-reactive ketones (excluding diaryl/α,β-unsaturated/α-hetero) is 2. The van der Waals surface area contributed by atoms with Gasteiger partial charge in [0.05, 0.1) is 5.69 Å². The molecule has 0 amide bonds. The van der Waals surface area contributed by atoms with Crippen molar-refractivity contribution in [3.05, 3.63) is 59.7 Å². The van der Waals surface area contributed by atoms with Crippen molar-refractivity contribution in [3.63, 3.8) is 0 Å². The second kappa shape index (κ2) is 8.96. The minimum absolute atomic E-state index is 0.0107. The number of fused-ring (bicyclic) bond motifs is 5. The molecule has 31 heavy (non-hydrogen) atoms. The van der Waals surface area contributed by atoms with Crippen LogP contribution in [-0.2, 0) is 23.1 Å². The van der Waals surface area contributed by atoms with Crippen molar-refractivity contribution < 1.29 is 9.59 Å². The third-order valence-electron chi connectivity index (χ3n) is 6.29. The lowest BCUT2D eigenvalue weighted by molar-refractivity contribution is -0.126. The van der Waals surface area contributed by atoms with Crippen LogP contribution in [0, 0.1) is 5.92 Å². The van der Waals surface area contributed by atoms with E-state index in [2.05, 4.69) is 46.7 Å². The summed E-state index contributed by atoms with van der Waals surface area (Å²) in [5.74, 6) is 0.535. The number of nitrogens with zero attached hydrogens (tertiary/aromatic N) is 3. The second-order valence-corrected chi connectivity index (χ2v) is 8.75. The molecule has 1 aromatic heterocycles. The van der Waals surface area contributed by atoms with Crippen LogP contribution in [0.3, 0.4) is 0 Å². The van der Waals surface area contributed by atoms with E-state index in [1.165, 1.54) is 11.1 Å². The van der Waals surface area contributed by atoms with E-state index in [-0.39, 0.29) is 23.4 Å². The Morgan fingerprint density at radius 1 is 1.00 bits per heavy atom. The predicted molar refractivity (Wildman–Crippen MR) is 122 cm³/mol. The first kappa shape index (κ1) is 21.2. The zero-order valence-corrected chi connectivity index (χ0v) is 18.5. The molecule has 1 heterocycles. The van der Waals surface area contributed by atoms with Gasteiger partial charge in [-0.1, -0.05) is 67.6 Å². The lowest BCUT2D eigenvalue weighted by atomic mass is 9.80. The molecule has 0 bridgehead atoms. The highest BCUT2D eigenvalue weighted by Crippen LogP contribution is 2.42. The van der Waals surface area contributed by atoms with Crippen LogP contribution in [0.1, 0.15) is 56.6 Å². The van der Waals surface area contributed by atoms with Crippen molar-refractivity contribution in [2.24, 2.45) is 13.0 Å². The van der Waals surface area contributed by atoms with Gasteiger partial charge in [-0.25, -0.2) is 4.68 Å². The number of carbonyl (C=O) groups excluding carboxylic acids is 2. The molecule has 160 valence electrons. The number of ketones is 2. The standard InChI is InChI=1S/C26H29N3O2/c1-17(2)24(31)15-14-20(30)13-12-19-16-18-8-4-5-10-22(18)25-26(29(3)28-27-25)23-11-7-6-9-21(19)23/h4-11,17,19H,12-16H2,1-3H3. The van der Waals surface area contributed by atoms with E-state index in [0.717, 1.165) is 35.4 Å². The molecule has 0 saturated carbocycles. The molecule has 3 aromatic rings. The molecule has 0 spiro atoms. The third-order valence-corrected chi connectivity index (χ3v) is 6.29. The van der Waals surface area contributed by atoms with Gasteiger partial charge < -0.3 is 0 Å². The molecule has 1 aliphatic carbocycles. The summed E-state index contributed by atoms with van der Waals surface area (Å²) in [5.41, 5.74) is 6.63. The maximum atomic E-state index is 12.6. The number of benzene rings is 2. The summed E-state index contributed by atoms with van der Waals surface area (Å²) in [7, 11) is 1.93. The highest BCUT2D eigenvalue weighted by atomic mass is 16.1. The van der Waals surface area contributed by atoms with Crippen LogP contribution in [0.15, 0.2) is 48.5 Å². The van der Waals surface area contributed by atoms with Crippen LogP contribution in [0.4, 0.5) is 0 Å². The van der Waals surface area contributed by atoms with Gasteiger partial charge in [0.1, 0.15) is 17.3 Å². The summed E-state index contributed by atoms with van der Waals surface area (Å²) < 4.78 is 1.84. The lowest BCUT2D eigenvalue weighted by Crippen LogP contribution is -2.13. The van der Waals surface area contributed by atoms with Crippen LogP contribution in [0.5, 0.6) is 0 Å². The first-order valence-corrected chi connectivity index (χ1v) is 11.1. The quantitative estimate of drug-likeness (QED) is 0.536. The lowest BCUT2D eigenvalue weighted by Gasteiger charge is -2.25. The molecular formula is C26H29N3O2. The molecule has 0 radical (unpaired) electrons. The fourth-order valence-corrected chi connectivity index (χ4v) is 4.48. The minimum atomic E-state index is -0.0107. The number of carbonyl (C=O) groups is 2. The molecule has 0 aliphatic heterocycles. The van der Waals surface area contributed by atoms with E-state index in [1.807, 2.05) is 37.7 Å². The largest absolute Gasteiger partial charge is 0.300 e. The zero-order valence-electron chi connectivity index (χ0n) is 18.5. The normalized spacial score (nSPS) is 14.9. The Morgan fingerprint density at radius 2 is 1.71 bits per heavy atom. The van der Waals surface area contributed by atoms with Crippen LogP contribution >= 0.6 is 0 Å². The van der Waals surface area contributed by atoms with E-state index < -0.39 is 0 Å². The molecular weight excluding hydrogens is 386 g/mol. The predicted octanol–water partition coefficient (Wildman–Crippen LogP) is 5.14. The van der Waals surface area contributed by atoms with Gasteiger partial charge in [-0.15, -0.1) is 5.10 Å². The first-order valence-electron chi connectivity index (χ1n) is 11.1. The Kier molecular flexibility index (Phi) is 6.12. The van der Waals surface area contributed by atoms with Crippen molar-refractivity contribution in [3.8, 4) is 22.5 Å². The number of rotatable bonds is 7. The van der Waals surface area contributed by atoms with Gasteiger partial charge in [0.2, 0.25) is 0 Å². The summed E-state index contributed by atoms with van der Waals surface area (Å²) in [6, 6.07) is 16.7. The number of aromatic nitrogens is 3. The van der Waals surface area contributed by atoms with E-state index in [0.29, 0.717) is 19.3 Å². The molecule has 0 fully saturated rings.